The van der Waals surface area contributed by atoms with Crippen molar-refractivity contribution in [3.05, 3.63) is 0 Å². The number of esters is 1. The zero-order valence-corrected chi connectivity index (χ0v) is 9.64. The smallest absolute Gasteiger partial charge is 0.308 e. The first-order chi connectivity index (χ1) is 6.49. The molecule has 0 aromatic rings. The third kappa shape index (κ3) is 4.12. The first kappa shape index (κ1) is 11.5. The predicted octanol–water partition coefficient (Wildman–Crippen LogP) is 3.16. The summed E-state index contributed by atoms with van der Waals surface area (Å²) in [7, 11) is 0. The lowest BCUT2D eigenvalue weighted by molar-refractivity contribution is -0.148. The molecule has 1 aliphatic carbocycles. The minimum atomic E-state index is 0.0340. The van der Waals surface area contributed by atoms with Crippen LogP contribution in [0.5, 0.6) is 0 Å². The van der Waals surface area contributed by atoms with E-state index in [4.69, 9.17) is 4.74 Å². The van der Waals surface area contributed by atoms with Crippen molar-refractivity contribution < 1.29 is 9.53 Å². The van der Waals surface area contributed by atoms with Gasteiger partial charge in [-0.1, -0.05) is 33.6 Å². The highest BCUT2D eigenvalue weighted by Gasteiger charge is 2.24. The van der Waals surface area contributed by atoms with Crippen molar-refractivity contribution in [2.24, 2.45) is 11.3 Å². The average molecular weight is 198 g/mol. The maximum absolute atomic E-state index is 11.5. The molecule has 2 heteroatoms. The van der Waals surface area contributed by atoms with E-state index in [0.717, 1.165) is 19.3 Å². The monoisotopic (exact) mass is 198 g/mol. The Morgan fingerprint density at radius 3 is 2.36 bits per heavy atom. The largest absolute Gasteiger partial charge is 0.465 e. The van der Waals surface area contributed by atoms with E-state index in [1.54, 1.807) is 0 Å². The second-order valence-corrected chi connectivity index (χ2v) is 5.46. The molecule has 0 N–H and O–H groups in total. The van der Waals surface area contributed by atoms with Crippen molar-refractivity contribution in [1.29, 1.82) is 0 Å². The van der Waals surface area contributed by atoms with E-state index in [-0.39, 0.29) is 17.3 Å². The number of carbonyl (C=O) groups excluding carboxylic acids is 1. The summed E-state index contributed by atoms with van der Waals surface area (Å²) in [6, 6.07) is 0. The van der Waals surface area contributed by atoms with Gasteiger partial charge in [0.1, 0.15) is 0 Å². The van der Waals surface area contributed by atoms with Gasteiger partial charge in [-0.15, -0.1) is 0 Å². The van der Waals surface area contributed by atoms with Gasteiger partial charge in [0.2, 0.25) is 0 Å². The Hall–Kier alpha value is -0.530. The van der Waals surface area contributed by atoms with Crippen molar-refractivity contribution >= 4 is 5.97 Å². The van der Waals surface area contributed by atoms with Crippen LogP contribution >= 0.6 is 0 Å². The molecule has 0 saturated heterocycles. The molecule has 0 aromatic heterocycles. The van der Waals surface area contributed by atoms with Gasteiger partial charge in [-0.3, -0.25) is 4.79 Å². The van der Waals surface area contributed by atoms with Crippen molar-refractivity contribution in [3.63, 3.8) is 0 Å². The van der Waals surface area contributed by atoms with Crippen LogP contribution in [0.15, 0.2) is 0 Å². The summed E-state index contributed by atoms with van der Waals surface area (Å²) >= 11 is 0. The summed E-state index contributed by atoms with van der Waals surface area (Å²) in [4.78, 5) is 11.5. The fraction of sp³-hybridized carbons (Fsp3) is 0.917. The van der Waals surface area contributed by atoms with E-state index < -0.39 is 0 Å². The Morgan fingerprint density at radius 1 is 1.29 bits per heavy atom. The summed E-state index contributed by atoms with van der Waals surface area (Å²) in [6.07, 6.45) is 5.41. The van der Waals surface area contributed by atoms with Gasteiger partial charge in [0, 0.05) is 0 Å². The van der Waals surface area contributed by atoms with Gasteiger partial charge in [-0.25, -0.2) is 0 Å². The maximum atomic E-state index is 11.5. The molecule has 14 heavy (non-hydrogen) atoms. The summed E-state index contributed by atoms with van der Waals surface area (Å²) in [5.74, 6) is 0.238. The lowest BCUT2D eigenvalue weighted by Crippen LogP contribution is -2.18. The van der Waals surface area contributed by atoms with Gasteiger partial charge in [-0.05, 0) is 24.7 Å². The molecule has 0 atom stereocenters. The molecule has 0 unspecified atom stereocenters. The molecule has 1 rings (SSSR count). The Balaban J connectivity index is 2.15. The molecular weight excluding hydrogens is 176 g/mol. The molecule has 1 aliphatic rings. The molecular formula is C12H22O2. The maximum Gasteiger partial charge on any atom is 0.308 e. The van der Waals surface area contributed by atoms with Gasteiger partial charge >= 0.3 is 5.97 Å². The van der Waals surface area contributed by atoms with Gasteiger partial charge in [-0.2, -0.15) is 0 Å². The predicted molar refractivity (Wildman–Crippen MR) is 57.0 cm³/mol. The molecule has 0 bridgehead atoms. The first-order valence-electron chi connectivity index (χ1n) is 5.66. The van der Waals surface area contributed by atoms with Crippen molar-refractivity contribution in [1.82, 2.24) is 0 Å². The van der Waals surface area contributed by atoms with Crippen LogP contribution in [0.1, 0.15) is 52.9 Å². The highest BCUT2D eigenvalue weighted by atomic mass is 16.5. The van der Waals surface area contributed by atoms with E-state index in [2.05, 4.69) is 20.8 Å². The third-order valence-electron chi connectivity index (χ3n) is 2.78. The van der Waals surface area contributed by atoms with E-state index in [9.17, 15) is 4.79 Å². The van der Waals surface area contributed by atoms with Crippen LogP contribution in [-0.4, -0.2) is 12.6 Å². The third-order valence-corrected chi connectivity index (χ3v) is 2.78. The fourth-order valence-electron chi connectivity index (χ4n) is 1.74. The summed E-state index contributed by atoms with van der Waals surface area (Å²) in [6.45, 7) is 7.07. The van der Waals surface area contributed by atoms with E-state index in [1.165, 1.54) is 12.8 Å². The Bertz CT molecular complexity index is 185. The number of hydrogen-bond donors (Lipinski definition) is 0. The number of rotatable bonds is 3. The lowest BCUT2D eigenvalue weighted by Gasteiger charge is -2.18. The van der Waals surface area contributed by atoms with E-state index in [1.807, 2.05) is 0 Å². The van der Waals surface area contributed by atoms with E-state index >= 15 is 0 Å². The van der Waals surface area contributed by atoms with Crippen LogP contribution in [0, 0.1) is 11.3 Å². The minimum Gasteiger partial charge on any atom is -0.465 e. The number of hydrogen-bond acceptors (Lipinski definition) is 2. The zero-order valence-electron chi connectivity index (χ0n) is 9.64. The molecule has 1 fully saturated rings. The first-order valence-corrected chi connectivity index (χ1v) is 5.66. The van der Waals surface area contributed by atoms with Gasteiger partial charge in [0.05, 0.1) is 12.5 Å². The average Bonchev–Trinajstić information content (AvgIpc) is 2.53. The second-order valence-electron chi connectivity index (χ2n) is 5.46. The highest BCUT2D eigenvalue weighted by molar-refractivity contribution is 5.72. The van der Waals surface area contributed by atoms with Crippen LogP contribution in [-0.2, 0) is 9.53 Å². The standard InChI is InChI=1S/C12H22O2/c1-12(2,3)8-9-14-11(13)10-6-4-5-7-10/h10H,4-9H2,1-3H3. The van der Waals surface area contributed by atoms with Crippen molar-refractivity contribution in [2.75, 3.05) is 6.61 Å². The topological polar surface area (TPSA) is 26.3 Å². The fourth-order valence-corrected chi connectivity index (χ4v) is 1.74. The molecule has 0 spiro atoms. The zero-order chi connectivity index (χ0) is 10.6. The van der Waals surface area contributed by atoms with Crippen LogP contribution in [0.25, 0.3) is 0 Å². The molecule has 0 amide bonds. The van der Waals surface area contributed by atoms with Crippen LogP contribution in [0.4, 0.5) is 0 Å². The molecule has 0 radical (unpaired) electrons. The van der Waals surface area contributed by atoms with E-state index in [0.29, 0.717) is 6.61 Å². The van der Waals surface area contributed by atoms with Gasteiger partial charge in [0.25, 0.3) is 0 Å². The number of carbonyl (C=O) groups is 1. The Labute approximate surface area is 87.0 Å². The molecule has 82 valence electrons. The molecule has 2 nitrogen and oxygen atoms in total. The Morgan fingerprint density at radius 2 is 1.86 bits per heavy atom. The Kier molecular flexibility index (Phi) is 3.97. The van der Waals surface area contributed by atoms with Gasteiger partial charge < -0.3 is 4.74 Å². The van der Waals surface area contributed by atoms with Crippen molar-refractivity contribution in [3.8, 4) is 0 Å². The number of ether oxygens (including phenoxy) is 1. The van der Waals surface area contributed by atoms with Crippen molar-refractivity contribution in [2.45, 2.75) is 52.9 Å². The molecule has 1 saturated carbocycles. The molecule has 0 heterocycles. The molecule has 0 aromatic carbocycles. The van der Waals surface area contributed by atoms with Crippen LogP contribution < -0.4 is 0 Å². The lowest BCUT2D eigenvalue weighted by atomic mass is 9.93. The summed E-state index contributed by atoms with van der Waals surface area (Å²) in [5, 5.41) is 0. The summed E-state index contributed by atoms with van der Waals surface area (Å²) in [5.41, 5.74) is 0.260. The van der Waals surface area contributed by atoms with Crippen LogP contribution in [0.3, 0.4) is 0 Å². The van der Waals surface area contributed by atoms with Gasteiger partial charge in [0.15, 0.2) is 0 Å². The quantitative estimate of drug-likeness (QED) is 0.651. The SMILES string of the molecule is CC(C)(C)CCOC(=O)C1CCCC1. The normalized spacial score (nSPS) is 18.5. The summed E-state index contributed by atoms with van der Waals surface area (Å²) < 4.78 is 5.26. The highest BCUT2D eigenvalue weighted by Crippen LogP contribution is 2.26. The molecule has 0 aliphatic heterocycles. The van der Waals surface area contributed by atoms with Crippen LogP contribution in [0.2, 0.25) is 0 Å². The second kappa shape index (κ2) is 4.81. The minimum absolute atomic E-state index is 0.0340.